The monoisotopic (exact) mass is 129 g/mol. The van der Waals surface area contributed by atoms with Gasteiger partial charge in [0.25, 0.3) is 0 Å². The Balaban J connectivity index is 2.75. The molecule has 0 rings (SSSR count). The van der Waals surface area contributed by atoms with Gasteiger partial charge in [0.05, 0.1) is 6.54 Å². The molecule has 0 aliphatic carbocycles. The first-order valence-corrected chi connectivity index (χ1v) is 3.27. The minimum absolute atomic E-state index is 0.704. The van der Waals surface area contributed by atoms with E-state index in [4.69, 9.17) is 5.73 Å². The lowest BCUT2D eigenvalue weighted by Crippen LogP contribution is -2.24. The minimum atomic E-state index is 0.704. The largest absolute Gasteiger partial charge is 0.329 e. The minimum Gasteiger partial charge on any atom is -0.329 e. The van der Waals surface area contributed by atoms with Crippen LogP contribution in [0.25, 0.3) is 0 Å². The highest BCUT2D eigenvalue weighted by molar-refractivity contribution is 5.53. The number of hydrogen-bond acceptors (Lipinski definition) is 3. The van der Waals surface area contributed by atoms with Crippen LogP contribution in [0.3, 0.4) is 0 Å². The summed E-state index contributed by atoms with van der Waals surface area (Å²) in [6.07, 6.45) is 1.81. The molecule has 3 heteroatoms. The highest BCUT2D eigenvalue weighted by atomic mass is 14.9. The van der Waals surface area contributed by atoms with Gasteiger partial charge in [-0.3, -0.25) is 4.99 Å². The van der Waals surface area contributed by atoms with Crippen molar-refractivity contribution < 1.29 is 0 Å². The molecule has 0 unspecified atom stereocenters. The fraction of sp³-hybridized carbons (Fsp3) is 0.833. The molecule has 0 bridgehead atoms. The summed E-state index contributed by atoms with van der Waals surface area (Å²) in [5.74, 6) is 0. The summed E-state index contributed by atoms with van der Waals surface area (Å²) in [5, 5.41) is 3.13. The van der Waals surface area contributed by atoms with Gasteiger partial charge in [-0.25, -0.2) is 0 Å². The van der Waals surface area contributed by atoms with Crippen molar-refractivity contribution in [1.82, 2.24) is 5.32 Å². The molecule has 0 aromatic heterocycles. The van der Waals surface area contributed by atoms with Crippen LogP contribution in [0.4, 0.5) is 0 Å². The van der Waals surface area contributed by atoms with Crippen LogP contribution in [0.5, 0.6) is 0 Å². The molecule has 0 aromatic carbocycles. The van der Waals surface area contributed by atoms with E-state index in [1.807, 2.05) is 13.1 Å². The highest BCUT2D eigenvalue weighted by Crippen LogP contribution is 1.63. The van der Waals surface area contributed by atoms with Crippen LogP contribution in [-0.4, -0.2) is 32.4 Å². The Morgan fingerprint density at radius 3 is 2.89 bits per heavy atom. The van der Waals surface area contributed by atoms with E-state index in [2.05, 4.69) is 10.3 Å². The quantitative estimate of drug-likeness (QED) is 0.393. The number of aliphatic imine (C=N–C) groups is 1. The lowest BCUT2D eigenvalue weighted by atomic mass is 10.6. The fourth-order valence-electron chi connectivity index (χ4n) is 0.500. The van der Waals surface area contributed by atoms with E-state index in [1.165, 1.54) is 0 Å². The molecule has 0 fully saturated rings. The number of nitrogens with one attached hydrogen (secondary N) is 1. The Hall–Kier alpha value is -0.410. The van der Waals surface area contributed by atoms with Gasteiger partial charge in [0, 0.05) is 19.6 Å². The van der Waals surface area contributed by atoms with Crippen molar-refractivity contribution in [3.8, 4) is 0 Å². The molecule has 0 aromatic rings. The average molecular weight is 129 g/mol. The zero-order chi connectivity index (χ0) is 6.95. The Bertz CT molecular complexity index is 70.7. The van der Waals surface area contributed by atoms with Gasteiger partial charge in [0.1, 0.15) is 0 Å². The van der Waals surface area contributed by atoms with Gasteiger partial charge in [-0.15, -0.1) is 0 Å². The molecule has 0 spiro atoms. The average Bonchev–Trinajstić information content (AvgIpc) is 1.89. The molecular formula is C6H15N3. The predicted molar refractivity (Wildman–Crippen MR) is 41.0 cm³/mol. The van der Waals surface area contributed by atoms with E-state index in [0.717, 1.165) is 19.6 Å². The van der Waals surface area contributed by atoms with Crippen molar-refractivity contribution in [2.75, 3.05) is 26.2 Å². The molecule has 3 nitrogen and oxygen atoms in total. The summed E-state index contributed by atoms with van der Waals surface area (Å²) in [7, 11) is 0. The first-order chi connectivity index (χ1) is 4.41. The third-order valence-corrected chi connectivity index (χ3v) is 0.921. The van der Waals surface area contributed by atoms with Gasteiger partial charge in [-0.1, -0.05) is 0 Å². The van der Waals surface area contributed by atoms with Crippen molar-refractivity contribution >= 4 is 6.21 Å². The van der Waals surface area contributed by atoms with E-state index >= 15 is 0 Å². The summed E-state index contributed by atoms with van der Waals surface area (Å²) in [5.41, 5.74) is 5.24. The van der Waals surface area contributed by atoms with E-state index in [0.29, 0.717) is 6.54 Å². The molecule has 0 amide bonds. The molecular weight excluding hydrogens is 114 g/mol. The van der Waals surface area contributed by atoms with Crippen molar-refractivity contribution in [1.29, 1.82) is 0 Å². The maximum absolute atomic E-state index is 5.24. The Morgan fingerprint density at radius 1 is 1.56 bits per heavy atom. The van der Waals surface area contributed by atoms with Crippen molar-refractivity contribution in [3.05, 3.63) is 0 Å². The van der Waals surface area contributed by atoms with Crippen molar-refractivity contribution in [3.63, 3.8) is 0 Å². The second-order valence-corrected chi connectivity index (χ2v) is 1.70. The lowest BCUT2D eigenvalue weighted by molar-refractivity contribution is 0.697. The van der Waals surface area contributed by atoms with Crippen LogP contribution < -0.4 is 11.1 Å². The molecule has 0 aliphatic rings. The predicted octanol–water partition coefficient (Wildman–Crippen LogP) is -0.375. The number of nitrogens with two attached hydrogens (primary N) is 1. The normalized spacial score (nSPS) is 10.9. The Morgan fingerprint density at radius 2 is 2.33 bits per heavy atom. The van der Waals surface area contributed by atoms with Crippen LogP contribution in [0.1, 0.15) is 6.92 Å². The van der Waals surface area contributed by atoms with Crippen LogP contribution in [0.2, 0.25) is 0 Å². The summed E-state index contributed by atoms with van der Waals surface area (Å²) in [4.78, 5) is 4.02. The molecule has 0 saturated heterocycles. The first-order valence-electron chi connectivity index (χ1n) is 3.27. The van der Waals surface area contributed by atoms with E-state index in [-0.39, 0.29) is 0 Å². The van der Waals surface area contributed by atoms with Gasteiger partial charge in [0.2, 0.25) is 0 Å². The van der Waals surface area contributed by atoms with Crippen molar-refractivity contribution in [2.24, 2.45) is 10.7 Å². The molecule has 0 atom stereocenters. The fourth-order valence-corrected chi connectivity index (χ4v) is 0.500. The molecule has 0 heterocycles. The van der Waals surface area contributed by atoms with Gasteiger partial charge in [-0.05, 0) is 13.1 Å². The molecule has 0 aliphatic heterocycles. The topological polar surface area (TPSA) is 50.4 Å². The van der Waals surface area contributed by atoms with Crippen LogP contribution in [0.15, 0.2) is 4.99 Å². The molecule has 0 saturated carbocycles. The Kier molecular flexibility index (Phi) is 7.24. The standard InChI is InChI=1S/C6H15N3/c1-2-8-5-6-9-4-3-7/h2,9H,3-7H2,1H3. The van der Waals surface area contributed by atoms with Crippen LogP contribution in [0, 0.1) is 0 Å². The molecule has 0 radical (unpaired) electrons. The van der Waals surface area contributed by atoms with Crippen LogP contribution in [-0.2, 0) is 0 Å². The molecule has 9 heavy (non-hydrogen) atoms. The van der Waals surface area contributed by atoms with Gasteiger partial charge in [0.15, 0.2) is 0 Å². The second-order valence-electron chi connectivity index (χ2n) is 1.70. The first kappa shape index (κ1) is 8.59. The van der Waals surface area contributed by atoms with Gasteiger partial charge < -0.3 is 11.1 Å². The number of nitrogens with zero attached hydrogens (tertiary/aromatic N) is 1. The lowest BCUT2D eigenvalue weighted by Gasteiger charge is -1.96. The number of hydrogen-bond donors (Lipinski definition) is 2. The Labute approximate surface area is 56.3 Å². The SMILES string of the molecule is CC=NCCNCCN. The third kappa shape index (κ3) is 7.59. The van der Waals surface area contributed by atoms with Gasteiger partial charge in [-0.2, -0.15) is 0 Å². The van der Waals surface area contributed by atoms with E-state index in [1.54, 1.807) is 0 Å². The number of rotatable bonds is 5. The van der Waals surface area contributed by atoms with Crippen molar-refractivity contribution in [2.45, 2.75) is 6.92 Å². The second kappa shape index (κ2) is 7.59. The maximum atomic E-state index is 5.24. The third-order valence-electron chi connectivity index (χ3n) is 0.921. The summed E-state index contributed by atoms with van der Waals surface area (Å²) in [6.45, 7) is 5.30. The molecule has 3 N–H and O–H groups in total. The molecule has 54 valence electrons. The van der Waals surface area contributed by atoms with Gasteiger partial charge >= 0.3 is 0 Å². The smallest absolute Gasteiger partial charge is 0.0510 e. The summed E-state index contributed by atoms with van der Waals surface area (Å²) in [6, 6.07) is 0. The summed E-state index contributed by atoms with van der Waals surface area (Å²) >= 11 is 0. The zero-order valence-corrected chi connectivity index (χ0v) is 5.93. The van der Waals surface area contributed by atoms with E-state index < -0.39 is 0 Å². The summed E-state index contributed by atoms with van der Waals surface area (Å²) < 4.78 is 0. The zero-order valence-electron chi connectivity index (χ0n) is 5.93. The highest BCUT2D eigenvalue weighted by Gasteiger charge is 1.79. The maximum Gasteiger partial charge on any atom is 0.0510 e. The van der Waals surface area contributed by atoms with E-state index in [9.17, 15) is 0 Å². The van der Waals surface area contributed by atoms with Crippen LogP contribution >= 0.6 is 0 Å².